The summed E-state index contributed by atoms with van der Waals surface area (Å²) in [5.41, 5.74) is 0.930. The van der Waals surface area contributed by atoms with E-state index in [0.717, 1.165) is 31.0 Å². The lowest BCUT2D eigenvalue weighted by atomic mass is 10.2. The van der Waals surface area contributed by atoms with Crippen LogP contribution in [0.2, 0.25) is 0 Å². The quantitative estimate of drug-likeness (QED) is 0.837. The lowest BCUT2D eigenvalue weighted by molar-refractivity contribution is -0.0403. The fourth-order valence-corrected chi connectivity index (χ4v) is 2.01. The summed E-state index contributed by atoms with van der Waals surface area (Å²) in [5.74, 6) is 6.71. The van der Waals surface area contributed by atoms with E-state index in [-0.39, 0.29) is 12.7 Å². The van der Waals surface area contributed by atoms with Crippen LogP contribution in [0.5, 0.6) is 5.75 Å². The topological polar surface area (TPSA) is 41.9 Å². The molecule has 108 valence electrons. The van der Waals surface area contributed by atoms with Crippen LogP contribution in [0.1, 0.15) is 12.0 Å². The van der Waals surface area contributed by atoms with E-state index >= 15 is 0 Å². The van der Waals surface area contributed by atoms with Crippen LogP contribution in [0, 0.1) is 11.8 Å². The largest absolute Gasteiger partial charge is 0.491 e. The molecule has 0 aromatic heterocycles. The monoisotopic (exact) mass is 275 g/mol. The van der Waals surface area contributed by atoms with Crippen LogP contribution in [-0.2, 0) is 4.74 Å². The van der Waals surface area contributed by atoms with Crippen molar-refractivity contribution in [2.24, 2.45) is 0 Å². The molecule has 1 heterocycles. The summed E-state index contributed by atoms with van der Waals surface area (Å²) in [6.07, 6.45) is 0.642. The van der Waals surface area contributed by atoms with Crippen LogP contribution in [-0.4, -0.2) is 56.1 Å². The first-order valence-electron chi connectivity index (χ1n) is 6.90. The Balaban J connectivity index is 1.80. The molecule has 1 fully saturated rings. The minimum Gasteiger partial charge on any atom is -0.491 e. The van der Waals surface area contributed by atoms with E-state index in [1.165, 1.54) is 0 Å². The van der Waals surface area contributed by atoms with E-state index in [1.54, 1.807) is 0 Å². The molecule has 1 unspecified atom stereocenters. The van der Waals surface area contributed by atoms with Crippen molar-refractivity contribution in [1.82, 2.24) is 4.90 Å². The van der Waals surface area contributed by atoms with Crippen molar-refractivity contribution in [1.29, 1.82) is 0 Å². The summed E-state index contributed by atoms with van der Waals surface area (Å²) >= 11 is 0. The number of likely N-dealkylation sites (N-methyl/N-ethyl adjacent to an activating group) is 1. The van der Waals surface area contributed by atoms with Crippen molar-refractivity contribution in [2.45, 2.75) is 12.5 Å². The van der Waals surface area contributed by atoms with Crippen molar-refractivity contribution in [2.75, 3.05) is 40.0 Å². The number of ether oxygens (including phenoxy) is 2. The molecule has 4 heteroatoms. The first kappa shape index (κ1) is 14.9. The summed E-state index contributed by atoms with van der Waals surface area (Å²) in [4.78, 5) is 2.25. The Hall–Kier alpha value is -1.54. The SMILES string of the molecule is CN1CCOC(COc2ccc(C#CCCO)cc2)C1. The van der Waals surface area contributed by atoms with E-state index in [9.17, 15) is 0 Å². The maximum Gasteiger partial charge on any atom is 0.119 e. The molecule has 0 saturated carbocycles. The summed E-state index contributed by atoms with van der Waals surface area (Å²) in [5, 5.41) is 8.66. The zero-order chi connectivity index (χ0) is 14.2. The summed E-state index contributed by atoms with van der Waals surface area (Å²) in [6.45, 7) is 3.33. The van der Waals surface area contributed by atoms with Gasteiger partial charge in [-0.1, -0.05) is 11.8 Å². The van der Waals surface area contributed by atoms with Gasteiger partial charge in [0.05, 0.1) is 13.2 Å². The highest BCUT2D eigenvalue weighted by atomic mass is 16.5. The van der Waals surface area contributed by atoms with Gasteiger partial charge in [-0.2, -0.15) is 0 Å². The predicted molar refractivity (Wildman–Crippen MR) is 77.8 cm³/mol. The molecule has 4 nitrogen and oxygen atoms in total. The number of hydrogen-bond acceptors (Lipinski definition) is 4. The van der Waals surface area contributed by atoms with Crippen molar-refractivity contribution in [3.63, 3.8) is 0 Å². The van der Waals surface area contributed by atoms with Crippen molar-refractivity contribution in [3.8, 4) is 17.6 Å². The Kier molecular flexibility index (Phi) is 5.87. The molecule has 1 aromatic carbocycles. The highest BCUT2D eigenvalue weighted by molar-refractivity contribution is 5.38. The molecule has 1 aliphatic heterocycles. The average Bonchev–Trinajstić information content (AvgIpc) is 2.47. The lowest BCUT2D eigenvalue weighted by Crippen LogP contribution is -2.42. The van der Waals surface area contributed by atoms with E-state index < -0.39 is 0 Å². The Morgan fingerprint density at radius 3 is 2.90 bits per heavy atom. The van der Waals surface area contributed by atoms with Gasteiger partial charge in [0.15, 0.2) is 0 Å². The number of morpholine rings is 1. The van der Waals surface area contributed by atoms with Gasteiger partial charge in [0.2, 0.25) is 0 Å². The predicted octanol–water partition coefficient (Wildman–Crippen LogP) is 1.13. The summed E-state index contributed by atoms with van der Waals surface area (Å²) in [7, 11) is 2.09. The molecule has 1 N–H and O–H groups in total. The minimum atomic E-state index is 0.101. The fraction of sp³-hybridized carbons (Fsp3) is 0.500. The molecule has 1 saturated heterocycles. The van der Waals surface area contributed by atoms with E-state index in [0.29, 0.717) is 13.0 Å². The smallest absolute Gasteiger partial charge is 0.119 e. The van der Waals surface area contributed by atoms with Crippen LogP contribution < -0.4 is 4.74 Å². The van der Waals surface area contributed by atoms with Crippen LogP contribution in [0.3, 0.4) is 0 Å². The molecule has 0 spiro atoms. The van der Waals surface area contributed by atoms with Gasteiger partial charge < -0.3 is 19.5 Å². The third-order valence-corrected chi connectivity index (χ3v) is 3.10. The van der Waals surface area contributed by atoms with Gasteiger partial charge in [-0.3, -0.25) is 0 Å². The van der Waals surface area contributed by atoms with Crippen LogP contribution in [0.25, 0.3) is 0 Å². The molecule has 0 radical (unpaired) electrons. The van der Waals surface area contributed by atoms with Gasteiger partial charge >= 0.3 is 0 Å². The Morgan fingerprint density at radius 1 is 1.40 bits per heavy atom. The second-order valence-corrected chi connectivity index (χ2v) is 4.87. The van der Waals surface area contributed by atoms with E-state index in [4.69, 9.17) is 14.6 Å². The van der Waals surface area contributed by atoms with Gasteiger partial charge in [-0.15, -0.1) is 0 Å². The second kappa shape index (κ2) is 7.91. The number of rotatable bonds is 4. The molecule has 1 aliphatic rings. The molecule has 20 heavy (non-hydrogen) atoms. The number of aliphatic hydroxyl groups excluding tert-OH is 1. The Morgan fingerprint density at radius 2 is 2.20 bits per heavy atom. The summed E-state index contributed by atoms with van der Waals surface area (Å²) in [6, 6.07) is 7.67. The number of nitrogens with zero attached hydrogens (tertiary/aromatic N) is 1. The standard InChI is InChI=1S/C16H21NO3/c1-17-9-11-19-16(12-17)13-20-15-7-5-14(6-8-15)4-2-3-10-18/h5-8,16,18H,3,9-13H2,1H3. The average molecular weight is 275 g/mol. The molecule has 1 aromatic rings. The molecular weight excluding hydrogens is 254 g/mol. The molecule has 0 aliphatic carbocycles. The molecular formula is C16H21NO3. The van der Waals surface area contributed by atoms with Gasteiger partial charge in [-0.05, 0) is 31.3 Å². The maximum atomic E-state index is 8.66. The second-order valence-electron chi connectivity index (χ2n) is 4.87. The Bertz CT molecular complexity index is 461. The van der Waals surface area contributed by atoms with Gasteiger partial charge in [0.25, 0.3) is 0 Å². The zero-order valence-corrected chi connectivity index (χ0v) is 11.8. The van der Waals surface area contributed by atoms with Crippen molar-refractivity contribution >= 4 is 0 Å². The highest BCUT2D eigenvalue weighted by Gasteiger charge is 2.17. The van der Waals surface area contributed by atoms with Gasteiger partial charge in [0.1, 0.15) is 18.5 Å². The maximum absolute atomic E-state index is 8.66. The zero-order valence-electron chi connectivity index (χ0n) is 11.8. The van der Waals surface area contributed by atoms with Crippen LogP contribution >= 0.6 is 0 Å². The van der Waals surface area contributed by atoms with Gasteiger partial charge in [-0.25, -0.2) is 0 Å². The lowest BCUT2D eigenvalue weighted by Gasteiger charge is -2.29. The highest BCUT2D eigenvalue weighted by Crippen LogP contribution is 2.13. The molecule has 2 rings (SSSR count). The molecule has 0 amide bonds. The number of aliphatic hydroxyl groups is 1. The van der Waals surface area contributed by atoms with Crippen molar-refractivity contribution in [3.05, 3.63) is 29.8 Å². The first-order chi connectivity index (χ1) is 9.78. The number of benzene rings is 1. The Labute approximate surface area is 120 Å². The van der Waals surface area contributed by atoms with Gasteiger partial charge in [0, 0.05) is 25.1 Å². The van der Waals surface area contributed by atoms with Crippen LogP contribution in [0.4, 0.5) is 0 Å². The van der Waals surface area contributed by atoms with Crippen LogP contribution in [0.15, 0.2) is 24.3 Å². The minimum absolute atomic E-state index is 0.101. The summed E-state index contributed by atoms with van der Waals surface area (Å²) < 4.78 is 11.4. The third kappa shape index (κ3) is 4.86. The fourth-order valence-electron chi connectivity index (χ4n) is 2.01. The van der Waals surface area contributed by atoms with Crippen molar-refractivity contribution < 1.29 is 14.6 Å². The van der Waals surface area contributed by atoms with E-state index in [1.807, 2.05) is 24.3 Å². The molecule has 1 atom stereocenters. The first-order valence-corrected chi connectivity index (χ1v) is 6.90. The van der Waals surface area contributed by atoms with E-state index in [2.05, 4.69) is 23.8 Å². The normalized spacial score (nSPS) is 19.2. The number of hydrogen-bond donors (Lipinski definition) is 1. The third-order valence-electron chi connectivity index (χ3n) is 3.10. The molecule has 0 bridgehead atoms.